The summed E-state index contributed by atoms with van der Waals surface area (Å²) in [5, 5.41) is 0. The average Bonchev–Trinajstić information content (AvgIpc) is 2.32. The molecule has 1 rings (SSSR count). The summed E-state index contributed by atoms with van der Waals surface area (Å²) in [6, 6.07) is 5.03. The number of nitrogen functional groups attached to an aromatic ring is 1. The fraction of sp³-hybridized carbons (Fsp3) is 0.538. The third kappa shape index (κ3) is 3.03. The van der Waals surface area contributed by atoms with Crippen molar-refractivity contribution in [1.82, 2.24) is 4.31 Å². The highest BCUT2D eigenvalue weighted by molar-refractivity contribution is 7.89. The molecule has 0 bridgehead atoms. The molecule has 1 aromatic rings. The summed E-state index contributed by atoms with van der Waals surface area (Å²) in [4.78, 5) is 0.324. The first-order valence-corrected chi connectivity index (χ1v) is 7.74. The van der Waals surface area contributed by atoms with Crippen molar-refractivity contribution in [2.45, 2.75) is 38.5 Å². The molecular weight excluding hydrogens is 248 g/mol. The van der Waals surface area contributed by atoms with Gasteiger partial charge in [-0.1, -0.05) is 19.9 Å². The van der Waals surface area contributed by atoms with Gasteiger partial charge in [-0.3, -0.25) is 0 Å². The normalized spacial score (nSPS) is 12.0. The average molecular weight is 270 g/mol. The summed E-state index contributed by atoms with van der Waals surface area (Å²) in [5.74, 6) is 0. The van der Waals surface area contributed by atoms with Crippen LogP contribution in [-0.2, 0) is 10.0 Å². The SMILES string of the molecule is CCCN(CCC)S(=O)(=O)c1cccc(N)c1C. The van der Waals surface area contributed by atoms with Crippen LogP contribution in [0.1, 0.15) is 32.3 Å². The van der Waals surface area contributed by atoms with Crippen LogP contribution in [0, 0.1) is 6.92 Å². The molecule has 0 aliphatic heterocycles. The van der Waals surface area contributed by atoms with E-state index < -0.39 is 10.0 Å². The van der Waals surface area contributed by atoms with E-state index in [-0.39, 0.29) is 0 Å². The third-order valence-electron chi connectivity index (χ3n) is 2.89. The van der Waals surface area contributed by atoms with Crippen molar-refractivity contribution in [3.63, 3.8) is 0 Å². The van der Waals surface area contributed by atoms with Gasteiger partial charge < -0.3 is 5.73 Å². The van der Waals surface area contributed by atoms with Crippen molar-refractivity contribution in [2.24, 2.45) is 0 Å². The topological polar surface area (TPSA) is 63.4 Å². The fourth-order valence-electron chi connectivity index (χ4n) is 1.90. The molecule has 0 atom stereocenters. The lowest BCUT2D eigenvalue weighted by molar-refractivity contribution is 0.409. The Balaban J connectivity index is 3.22. The Kier molecular flexibility index (Phi) is 5.16. The molecule has 0 aliphatic carbocycles. The van der Waals surface area contributed by atoms with Crippen LogP contribution in [0.2, 0.25) is 0 Å². The highest BCUT2D eigenvalue weighted by Crippen LogP contribution is 2.24. The maximum atomic E-state index is 12.6. The second-order valence-corrected chi connectivity index (χ2v) is 6.28. The molecule has 0 amide bonds. The molecule has 0 fully saturated rings. The Morgan fingerprint density at radius 2 is 1.72 bits per heavy atom. The Bertz CT molecular complexity index is 492. The zero-order valence-electron chi connectivity index (χ0n) is 11.3. The van der Waals surface area contributed by atoms with Crippen molar-refractivity contribution in [1.29, 1.82) is 0 Å². The first-order chi connectivity index (χ1) is 8.45. The Hall–Kier alpha value is -1.07. The highest BCUT2D eigenvalue weighted by atomic mass is 32.2. The quantitative estimate of drug-likeness (QED) is 0.807. The molecule has 0 aromatic heterocycles. The molecular formula is C13H22N2O2S. The van der Waals surface area contributed by atoms with E-state index >= 15 is 0 Å². The van der Waals surface area contributed by atoms with Crippen LogP contribution in [0.25, 0.3) is 0 Å². The second kappa shape index (κ2) is 6.20. The molecule has 0 radical (unpaired) electrons. The zero-order chi connectivity index (χ0) is 13.8. The van der Waals surface area contributed by atoms with Crippen LogP contribution in [0.3, 0.4) is 0 Å². The van der Waals surface area contributed by atoms with E-state index in [9.17, 15) is 8.42 Å². The molecule has 0 aliphatic rings. The number of benzene rings is 1. The van der Waals surface area contributed by atoms with Crippen LogP contribution < -0.4 is 5.73 Å². The first kappa shape index (κ1) is 15.0. The van der Waals surface area contributed by atoms with Gasteiger partial charge in [0, 0.05) is 18.8 Å². The van der Waals surface area contributed by atoms with E-state index in [0.717, 1.165) is 12.8 Å². The van der Waals surface area contributed by atoms with Crippen molar-refractivity contribution >= 4 is 15.7 Å². The first-order valence-electron chi connectivity index (χ1n) is 6.30. The van der Waals surface area contributed by atoms with Crippen LogP contribution >= 0.6 is 0 Å². The van der Waals surface area contributed by atoms with Gasteiger partial charge >= 0.3 is 0 Å². The minimum absolute atomic E-state index is 0.324. The standard InChI is InChI=1S/C13H22N2O2S/c1-4-9-15(10-5-2)18(16,17)13-8-6-7-12(14)11(13)3/h6-8H,4-5,9-10,14H2,1-3H3. The smallest absolute Gasteiger partial charge is 0.243 e. The number of sulfonamides is 1. The fourth-order valence-corrected chi connectivity index (χ4v) is 3.78. The molecule has 102 valence electrons. The zero-order valence-corrected chi connectivity index (χ0v) is 12.1. The van der Waals surface area contributed by atoms with Gasteiger partial charge in [0.05, 0.1) is 4.90 Å². The summed E-state index contributed by atoms with van der Waals surface area (Å²) in [7, 11) is -3.43. The van der Waals surface area contributed by atoms with Gasteiger partial charge in [-0.15, -0.1) is 0 Å². The molecule has 2 N–H and O–H groups in total. The largest absolute Gasteiger partial charge is 0.398 e. The van der Waals surface area contributed by atoms with Gasteiger partial charge in [0.1, 0.15) is 0 Å². The molecule has 0 saturated carbocycles. The Labute approximate surface area is 110 Å². The predicted molar refractivity (Wildman–Crippen MR) is 74.9 cm³/mol. The molecule has 4 nitrogen and oxygen atoms in total. The van der Waals surface area contributed by atoms with Crippen molar-refractivity contribution in [2.75, 3.05) is 18.8 Å². The van der Waals surface area contributed by atoms with E-state index in [2.05, 4.69) is 0 Å². The lowest BCUT2D eigenvalue weighted by Crippen LogP contribution is -2.33. The molecule has 1 aromatic carbocycles. The summed E-state index contributed by atoms with van der Waals surface area (Å²) in [6.45, 7) is 6.79. The van der Waals surface area contributed by atoms with Crippen LogP contribution in [0.5, 0.6) is 0 Å². The van der Waals surface area contributed by atoms with Gasteiger partial charge in [-0.25, -0.2) is 8.42 Å². The van der Waals surface area contributed by atoms with Gasteiger partial charge in [0.2, 0.25) is 10.0 Å². The maximum Gasteiger partial charge on any atom is 0.243 e. The monoisotopic (exact) mass is 270 g/mol. The van der Waals surface area contributed by atoms with Crippen LogP contribution in [0.15, 0.2) is 23.1 Å². The van der Waals surface area contributed by atoms with E-state index in [1.165, 1.54) is 4.31 Å². The number of rotatable bonds is 6. The van der Waals surface area contributed by atoms with Gasteiger partial charge in [-0.2, -0.15) is 4.31 Å². The molecule has 0 heterocycles. The van der Waals surface area contributed by atoms with Crippen molar-refractivity contribution < 1.29 is 8.42 Å². The summed E-state index contributed by atoms with van der Waals surface area (Å²) < 4.78 is 26.6. The van der Waals surface area contributed by atoms with Crippen molar-refractivity contribution in [3.8, 4) is 0 Å². The number of nitrogens with two attached hydrogens (primary N) is 1. The van der Waals surface area contributed by atoms with E-state index in [4.69, 9.17) is 5.73 Å². The van der Waals surface area contributed by atoms with E-state index in [1.807, 2.05) is 13.8 Å². The highest BCUT2D eigenvalue weighted by Gasteiger charge is 2.25. The minimum atomic E-state index is -3.43. The van der Waals surface area contributed by atoms with Gasteiger partial charge in [0.25, 0.3) is 0 Å². The number of anilines is 1. The second-order valence-electron chi connectivity index (χ2n) is 4.37. The predicted octanol–water partition coefficient (Wildman–Crippen LogP) is 2.39. The van der Waals surface area contributed by atoms with Crippen molar-refractivity contribution in [3.05, 3.63) is 23.8 Å². The number of hydrogen-bond acceptors (Lipinski definition) is 3. The van der Waals surface area contributed by atoms with Crippen LogP contribution in [0.4, 0.5) is 5.69 Å². The Morgan fingerprint density at radius 3 is 2.22 bits per heavy atom. The molecule has 0 unspecified atom stereocenters. The maximum absolute atomic E-state index is 12.6. The molecule has 0 spiro atoms. The summed E-state index contributed by atoms with van der Waals surface area (Å²) >= 11 is 0. The Morgan fingerprint density at radius 1 is 1.17 bits per heavy atom. The van der Waals surface area contributed by atoms with E-state index in [1.54, 1.807) is 25.1 Å². The summed E-state index contributed by atoms with van der Waals surface area (Å²) in [6.07, 6.45) is 1.61. The molecule has 0 saturated heterocycles. The molecule has 5 heteroatoms. The summed E-state index contributed by atoms with van der Waals surface area (Å²) in [5.41, 5.74) is 6.93. The van der Waals surface area contributed by atoms with Crippen LogP contribution in [-0.4, -0.2) is 25.8 Å². The number of hydrogen-bond donors (Lipinski definition) is 1. The lowest BCUT2D eigenvalue weighted by Gasteiger charge is -2.22. The van der Waals surface area contributed by atoms with Gasteiger partial charge in [0.15, 0.2) is 0 Å². The third-order valence-corrected chi connectivity index (χ3v) is 4.93. The minimum Gasteiger partial charge on any atom is -0.398 e. The molecule has 18 heavy (non-hydrogen) atoms. The van der Waals surface area contributed by atoms with Gasteiger partial charge in [-0.05, 0) is 37.5 Å². The van der Waals surface area contributed by atoms with E-state index in [0.29, 0.717) is 29.2 Å². The lowest BCUT2D eigenvalue weighted by atomic mass is 10.2. The number of nitrogens with zero attached hydrogens (tertiary/aromatic N) is 1.